The van der Waals surface area contributed by atoms with E-state index < -0.39 is 5.25 Å². The van der Waals surface area contributed by atoms with E-state index in [9.17, 15) is 9.59 Å². The lowest BCUT2D eigenvalue weighted by molar-refractivity contribution is -0.115. The van der Waals surface area contributed by atoms with Crippen LogP contribution in [0.5, 0.6) is 0 Å². The number of hydrogen-bond acceptors (Lipinski definition) is 5. The topological polar surface area (TPSA) is 108 Å². The van der Waals surface area contributed by atoms with E-state index in [1.165, 1.54) is 11.8 Å². The van der Waals surface area contributed by atoms with Crippen LogP contribution in [0, 0.1) is 0 Å². The molecule has 1 unspecified atom stereocenters. The fraction of sp³-hybridized carbons (Fsp3) is 0.111. The molecule has 1 amide bonds. The molecule has 0 saturated heterocycles. The van der Waals surface area contributed by atoms with Gasteiger partial charge >= 0.3 is 5.69 Å². The predicted molar refractivity (Wildman–Crippen MR) is 104 cm³/mol. The fourth-order valence-electron chi connectivity index (χ4n) is 2.64. The highest BCUT2D eigenvalue weighted by Gasteiger charge is 2.18. The number of para-hydroxylation sites is 1. The van der Waals surface area contributed by atoms with Crippen molar-refractivity contribution in [1.29, 1.82) is 0 Å². The molecule has 0 spiro atoms. The summed E-state index contributed by atoms with van der Waals surface area (Å²) in [5, 5.41) is 11.2. The molecule has 8 nitrogen and oxygen atoms in total. The van der Waals surface area contributed by atoms with Crippen LogP contribution in [0.4, 0.5) is 5.69 Å². The molecule has 27 heavy (non-hydrogen) atoms. The second-order valence-corrected chi connectivity index (χ2v) is 7.22. The maximum atomic E-state index is 12.6. The number of aromatic amines is 2. The number of benzene rings is 2. The maximum Gasteiger partial charge on any atom is 0.323 e. The molecular formula is C18H16N6O2S. The Kier molecular flexibility index (Phi) is 4.51. The molecule has 0 radical (unpaired) electrons. The number of H-pyrrole nitrogens is 2. The number of fused-ring (bicyclic) bond motifs is 1. The van der Waals surface area contributed by atoms with Crippen LogP contribution in [0.25, 0.3) is 16.7 Å². The summed E-state index contributed by atoms with van der Waals surface area (Å²) in [6, 6.07) is 14.9. The molecule has 2 aromatic heterocycles. The van der Waals surface area contributed by atoms with Gasteiger partial charge in [-0.2, -0.15) is 0 Å². The molecule has 2 aromatic carbocycles. The summed E-state index contributed by atoms with van der Waals surface area (Å²) in [6.07, 6.45) is 1.62. The quantitative estimate of drug-likeness (QED) is 0.461. The van der Waals surface area contributed by atoms with Crippen molar-refractivity contribution in [2.45, 2.75) is 17.3 Å². The Morgan fingerprint density at radius 3 is 2.74 bits per heavy atom. The molecule has 136 valence electrons. The van der Waals surface area contributed by atoms with E-state index in [0.717, 1.165) is 5.69 Å². The fourth-order valence-corrected chi connectivity index (χ4v) is 3.48. The van der Waals surface area contributed by atoms with E-state index in [4.69, 9.17) is 0 Å². The van der Waals surface area contributed by atoms with Gasteiger partial charge in [0.05, 0.1) is 16.3 Å². The average Bonchev–Trinajstić information content (AvgIpc) is 3.27. The van der Waals surface area contributed by atoms with Crippen LogP contribution in [0.3, 0.4) is 0 Å². The summed E-state index contributed by atoms with van der Waals surface area (Å²) >= 11 is 1.32. The molecular weight excluding hydrogens is 364 g/mol. The molecule has 0 aliphatic carbocycles. The van der Waals surface area contributed by atoms with Crippen molar-refractivity contribution in [2.24, 2.45) is 0 Å². The lowest BCUT2D eigenvalue weighted by Crippen LogP contribution is -2.22. The normalized spacial score (nSPS) is 12.2. The Balaban J connectivity index is 1.48. The van der Waals surface area contributed by atoms with Gasteiger partial charge in [-0.15, -0.1) is 10.2 Å². The van der Waals surface area contributed by atoms with E-state index in [1.54, 1.807) is 31.5 Å². The molecule has 0 aliphatic rings. The lowest BCUT2D eigenvalue weighted by atomic mass is 10.2. The number of imidazole rings is 1. The number of hydrogen-bond donors (Lipinski definition) is 3. The average molecular weight is 380 g/mol. The van der Waals surface area contributed by atoms with Crippen molar-refractivity contribution in [2.75, 3.05) is 5.32 Å². The first-order valence-electron chi connectivity index (χ1n) is 8.25. The molecule has 0 fully saturated rings. The molecule has 0 bridgehead atoms. The van der Waals surface area contributed by atoms with Crippen LogP contribution >= 0.6 is 11.8 Å². The molecule has 2 heterocycles. The number of nitrogens with one attached hydrogen (secondary N) is 3. The van der Waals surface area contributed by atoms with E-state index in [2.05, 4.69) is 25.5 Å². The van der Waals surface area contributed by atoms with Gasteiger partial charge < -0.3 is 15.3 Å². The first-order chi connectivity index (χ1) is 13.1. The number of thioether (sulfide) groups is 1. The highest BCUT2D eigenvalue weighted by molar-refractivity contribution is 8.00. The van der Waals surface area contributed by atoms with Gasteiger partial charge in [0.2, 0.25) is 5.91 Å². The van der Waals surface area contributed by atoms with Crippen LogP contribution in [0.15, 0.2) is 64.8 Å². The van der Waals surface area contributed by atoms with Crippen molar-refractivity contribution in [3.63, 3.8) is 0 Å². The van der Waals surface area contributed by atoms with Gasteiger partial charge in [0, 0.05) is 11.4 Å². The molecule has 0 aliphatic heterocycles. The maximum absolute atomic E-state index is 12.6. The molecule has 4 rings (SSSR count). The minimum absolute atomic E-state index is 0.167. The Labute approximate surface area is 158 Å². The first kappa shape index (κ1) is 17.1. The number of nitrogens with zero attached hydrogens (tertiary/aromatic N) is 3. The van der Waals surface area contributed by atoms with E-state index in [1.807, 2.05) is 34.9 Å². The van der Waals surface area contributed by atoms with Crippen molar-refractivity contribution in [3.05, 3.63) is 65.3 Å². The van der Waals surface area contributed by atoms with Crippen LogP contribution in [-0.2, 0) is 4.79 Å². The number of aromatic nitrogens is 5. The third-order valence-corrected chi connectivity index (χ3v) is 5.04. The first-order valence-corrected chi connectivity index (χ1v) is 9.13. The number of amides is 1. The van der Waals surface area contributed by atoms with Crippen molar-refractivity contribution in [1.82, 2.24) is 24.7 Å². The van der Waals surface area contributed by atoms with Gasteiger partial charge in [-0.05, 0) is 37.3 Å². The summed E-state index contributed by atoms with van der Waals surface area (Å²) in [5.41, 5.74) is 2.59. The van der Waals surface area contributed by atoms with E-state index in [-0.39, 0.29) is 11.6 Å². The SMILES string of the molecule is CC(Sc1nncn1-c1ccccc1)C(=O)Nc1ccc2[nH]c(=O)[nH]c2c1. The zero-order valence-electron chi connectivity index (χ0n) is 14.3. The zero-order valence-corrected chi connectivity index (χ0v) is 15.2. The lowest BCUT2D eigenvalue weighted by Gasteiger charge is -2.12. The monoisotopic (exact) mass is 380 g/mol. The second-order valence-electron chi connectivity index (χ2n) is 5.91. The van der Waals surface area contributed by atoms with Crippen molar-refractivity contribution in [3.8, 4) is 5.69 Å². The molecule has 9 heteroatoms. The standard InChI is InChI=1S/C18H16N6O2S/c1-11(27-18-23-19-10-24(18)13-5-3-2-4-6-13)16(25)20-12-7-8-14-15(9-12)22-17(26)21-14/h2-11H,1H3,(H,20,25)(H2,21,22,26). The Morgan fingerprint density at radius 2 is 1.93 bits per heavy atom. The molecule has 1 atom stereocenters. The highest BCUT2D eigenvalue weighted by Crippen LogP contribution is 2.25. The number of anilines is 1. The van der Waals surface area contributed by atoms with Crippen LogP contribution < -0.4 is 11.0 Å². The van der Waals surface area contributed by atoms with Gasteiger partial charge in [-0.25, -0.2) is 4.79 Å². The smallest absolute Gasteiger partial charge is 0.323 e. The van der Waals surface area contributed by atoms with Gasteiger partial charge in [-0.1, -0.05) is 30.0 Å². The molecule has 4 aromatic rings. The highest BCUT2D eigenvalue weighted by atomic mass is 32.2. The third-order valence-electron chi connectivity index (χ3n) is 3.99. The summed E-state index contributed by atoms with van der Waals surface area (Å²) in [5.74, 6) is -0.167. The summed E-state index contributed by atoms with van der Waals surface area (Å²) in [4.78, 5) is 29.2. The minimum Gasteiger partial charge on any atom is -0.325 e. The third kappa shape index (κ3) is 3.63. The van der Waals surface area contributed by atoms with Crippen LogP contribution in [0.1, 0.15) is 6.92 Å². The molecule has 3 N–H and O–H groups in total. The molecule has 0 saturated carbocycles. The number of carbonyl (C=O) groups is 1. The summed E-state index contributed by atoms with van der Waals surface area (Å²) in [6.45, 7) is 1.81. The van der Waals surface area contributed by atoms with Gasteiger partial charge in [-0.3, -0.25) is 9.36 Å². The number of carbonyl (C=O) groups excluding carboxylic acids is 1. The predicted octanol–water partition coefficient (Wildman–Crippen LogP) is 2.56. The van der Waals surface area contributed by atoms with E-state index >= 15 is 0 Å². The summed E-state index contributed by atoms with van der Waals surface area (Å²) < 4.78 is 1.84. The van der Waals surface area contributed by atoms with Crippen LogP contribution in [-0.4, -0.2) is 35.9 Å². The van der Waals surface area contributed by atoms with E-state index in [0.29, 0.717) is 21.9 Å². The van der Waals surface area contributed by atoms with Gasteiger partial charge in [0.1, 0.15) is 6.33 Å². The van der Waals surface area contributed by atoms with Crippen molar-refractivity contribution < 1.29 is 4.79 Å². The Hall–Kier alpha value is -3.33. The summed E-state index contributed by atoms with van der Waals surface area (Å²) in [7, 11) is 0. The second kappa shape index (κ2) is 7.12. The number of rotatable bonds is 5. The Bertz CT molecular complexity index is 1150. The zero-order chi connectivity index (χ0) is 18.8. The Morgan fingerprint density at radius 1 is 1.15 bits per heavy atom. The largest absolute Gasteiger partial charge is 0.325 e. The van der Waals surface area contributed by atoms with Gasteiger partial charge in [0.15, 0.2) is 5.16 Å². The van der Waals surface area contributed by atoms with Gasteiger partial charge in [0.25, 0.3) is 0 Å². The van der Waals surface area contributed by atoms with Crippen molar-refractivity contribution >= 4 is 34.4 Å². The minimum atomic E-state index is -0.391. The van der Waals surface area contributed by atoms with Crippen LogP contribution in [0.2, 0.25) is 0 Å².